The number of nitrogens with zero attached hydrogens (tertiary/aromatic N) is 3. The predicted octanol–water partition coefficient (Wildman–Crippen LogP) is 3.28. The van der Waals surface area contributed by atoms with Gasteiger partial charge in [-0.1, -0.05) is 30.3 Å². The molecule has 1 unspecified atom stereocenters. The van der Waals surface area contributed by atoms with Crippen LogP contribution in [0.2, 0.25) is 0 Å². The number of carbonyl (C=O) groups is 1. The minimum absolute atomic E-state index is 0.229. The Morgan fingerprint density at radius 3 is 2.74 bits per heavy atom. The largest absolute Gasteiger partial charge is 0.436 e. The fourth-order valence-corrected chi connectivity index (χ4v) is 3.18. The van der Waals surface area contributed by atoms with Crippen molar-refractivity contribution in [1.82, 2.24) is 25.5 Å². The average molecular weight is 361 g/mol. The van der Waals surface area contributed by atoms with Gasteiger partial charge < -0.3 is 9.73 Å². The number of aromatic amines is 1. The van der Waals surface area contributed by atoms with E-state index in [1.807, 2.05) is 42.5 Å². The van der Waals surface area contributed by atoms with Crippen molar-refractivity contribution in [3.8, 4) is 0 Å². The second kappa shape index (κ2) is 7.03. The number of aryl methyl sites for hydroxylation is 2. The molecule has 1 amide bonds. The standard InChI is InChI=1S/C20H19N5O2/c1-12-18(27-13(2)22-12)20(26)23-16(11-14-7-4-3-5-8-14)17-15-9-6-10-21-19(15)25-24-17/h3-10,16H,11H2,1-2H3,(H,23,26)(H,21,24,25). The van der Waals surface area contributed by atoms with Gasteiger partial charge in [-0.3, -0.25) is 9.89 Å². The number of H-pyrrole nitrogens is 1. The van der Waals surface area contributed by atoms with Crippen LogP contribution < -0.4 is 5.32 Å². The Morgan fingerprint density at radius 2 is 2.00 bits per heavy atom. The highest BCUT2D eigenvalue weighted by atomic mass is 16.4. The third kappa shape index (κ3) is 3.44. The molecule has 0 fully saturated rings. The van der Waals surface area contributed by atoms with Crippen LogP contribution in [0.1, 0.15) is 39.4 Å². The lowest BCUT2D eigenvalue weighted by molar-refractivity contribution is 0.0905. The first-order valence-corrected chi connectivity index (χ1v) is 8.69. The van der Waals surface area contributed by atoms with Crippen molar-refractivity contribution in [2.24, 2.45) is 0 Å². The fourth-order valence-electron chi connectivity index (χ4n) is 3.18. The maximum absolute atomic E-state index is 12.8. The molecule has 3 aromatic heterocycles. The van der Waals surface area contributed by atoms with Gasteiger partial charge in [0, 0.05) is 18.5 Å². The number of hydrogen-bond donors (Lipinski definition) is 2. The lowest BCUT2D eigenvalue weighted by Crippen LogP contribution is -2.30. The van der Waals surface area contributed by atoms with Crippen LogP contribution in [0.4, 0.5) is 0 Å². The zero-order chi connectivity index (χ0) is 18.8. The van der Waals surface area contributed by atoms with E-state index in [0.717, 1.165) is 16.6 Å². The molecular formula is C20H19N5O2. The Hall–Kier alpha value is -3.48. The summed E-state index contributed by atoms with van der Waals surface area (Å²) < 4.78 is 5.47. The fraction of sp³-hybridized carbons (Fsp3) is 0.200. The van der Waals surface area contributed by atoms with Gasteiger partial charge in [-0.05, 0) is 31.0 Å². The van der Waals surface area contributed by atoms with E-state index in [9.17, 15) is 4.79 Å². The molecule has 1 aromatic carbocycles. The van der Waals surface area contributed by atoms with Crippen LogP contribution in [0, 0.1) is 13.8 Å². The van der Waals surface area contributed by atoms with E-state index >= 15 is 0 Å². The quantitative estimate of drug-likeness (QED) is 0.569. The summed E-state index contributed by atoms with van der Waals surface area (Å²) >= 11 is 0. The van der Waals surface area contributed by atoms with Gasteiger partial charge in [-0.25, -0.2) is 9.97 Å². The number of hydrogen-bond acceptors (Lipinski definition) is 5. The summed E-state index contributed by atoms with van der Waals surface area (Å²) in [5, 5.41) is 11.2. The number of aromatic nitrogens is 4. The van der Waals surface area contributed by atoms with Gasteiger partial charge in [0.1, 0.15) is 0 Å². The third-order valence-electron chi connectivity index (χ3n) is 4.41. The second-order valence-corrected chi connectivity index (χ2v) is 6.38. The zero-order valence-corrected chi connectivity index (χ0v) is 15.1. The molecule has 27 heavy (non-hydrogen) atoms. The molecule has 2 N–H and O–H groups in total. The Bertz CT molecular complexity index is 1080. The first-order chi connectivity index (χ1) is 13.1. The summed E-state index contributed by atoms with van der Waals surface area (Å²) in [6.45, 7) is 3.48. The van der Waals surface area contributed by atoms with Gasteiger partial charge in [0.2, 0.25) is 5.76 Å². The van der Waals surface area contributed by atoms with Crippen LogP contribution in [0.3, 0.4) is 0 Å². The normalized spacial score (nSPS) is 12.2. The minimum Gasteiger partial charge on any atom is -0.436 e. The molecule has 0 saturated heterocycles. The Morgan fingerprint density at radius 1 is 1.19 bits per heavy atom. The number of carbonyl (C=O) groups excluding carboxylic acids is 1. The minimum atomic E-state index is -0.320. The molecule has 3 heterocycles. The maximum atomic E-state index is 12.8. The van der Waals surface area contributed by atoms with E-state index in [4.69, 9.17) is 4.42 Å². The molecular weight excluding hydrogens is 342 g/mol. The van der Waals surface area contributed by atoms with Crippen molar-refractivity contribution in [2.45, 2.75) is 26.3 Å². The topological polar surface area (TPSA) is 96.7 Å². The van der Waals surface area contributed by atoms with E-state index < -0.39 is 0 Å². The van der Waals surface area contributed by atoms with Crippen LogP contribution in [-0.2, 0) is 6.42 Å². The second-order valence-electron chi connectivity index (χ2n) is 6.38. The van der Waals surface area contributed by atoms with Crippen LogP contribution >= 0.6 is 0 Å². The summed E-state index contributed by atoms with van der Waals surface area (Å²) in [5.74, 6) is 0.390. The molecule has 0 aliphatic carbocycles. The van der Waals surface area contributed by atoms with E-state index in [1.54, 1.807) is 20.0 Å². The molecule has 0 spiro atoms. The van der Waals surface area contributed by atoms with Crippen LogP contribution in [0.25, 0.3) is 11.0 Å². The van der Waals surface area contributed by atoms with Gasteiger partial charge in [0.05, 0.1) is 17.4 Å². The summed E-state index contributed by atoms with van der Waals surface area (Å²) in [4.78, 5) is 21.3. The molecule has 0 saturated carbocycles. The van der Waals surface area contributed by atoms with Gasteiger partial charge in [-0.2, -0.15) is 5.10 Å². The molecule has 4 rings (SSSR count). The van der Waals surface area contributed by atoms with Crippen molar-refractivity contribution < 1.29 is 9.21 Å². The predicted molar refractivity (Wildman–Crippen MR) is 100 cm³/mol. The lowest BCUT2D eigenvalue weighted by Gasteiger charge is -2.17. The molecule has 0 radical (unpaired) electrons. The lowest BCUT2D eigenvalue weighted by atomic mass is 10.0. The van der Waals surface area contributed by atoms with Gasteiger partial charge in [0.15, 0.2) is 11.5 Å². The van der Waals surface area contributed by atoms with Crippen molar-refractivity contribution in [2.75, 3.05) is 0 Å². The molecule has 4 aromatic rings. The van der Waals surface area contributed by atoms with Crippen LogP contribution in [0.5, 0.6) is 0 Å². The van der Waals surface area contributed by atoms with Crippen LogP contribution in [-0.4, -0.2) is 26.1 Å². The number of pyridine rings is 1. The molecule has 0 aliphatic heterocycles. The number of oxazole rings is 1. The van der Waals surface area contributed by atoms with Crippen molar-refractivity contribution in [3.63, 3.8) is 0 Å². The summed E-state index contributed by atoms with van der Waals surface area (Å²) in [5.41, 5.74) is 3.09. The highest BCUT2D eigenvalue weighted by Gasteiger charge is 2.24. The van der Waals surface area contributed by atoms with Gasteiger partial charge in [0.25, 0.3) is 5.91 Å². The Labute approximate surface area is 155 Å². The SMILES string of the molecule is Cc1nc(C)c(C(=O)NC(Cc2ccccc2)c2[nH]nc3ncccc23)o1. The van der Waals surface area contributed by atoms with E-state index in [1.165, 1.54) is 0 Å². The first kappa shape index (κ1) is 17.0. The number of rotatable bonds is 5. The molecule has 0 aliphatic rings. The van der Waals surface area contributed by atoms with E-state index in [-0.39, 0.29) is 17.7 Å². The van der Waals surface area contributed by atoms with Crippen molar-refractivity contribution in [3.05, 3.63) is 77.3 Å². The first-order valence-electron chi connectivity index (χ1n) is 8.69. The third-order valence-corrected chi connectivity index (χ3v) is 4.41. The molecule has 1 atom stereocenters. The Balaban J connectivity index is 1.69. The monoisotopic (exact) mass is 361 g/mol. The zero-order valence-electron chi connectivity index (χ0n) is 15.1. The highest BCUT2D eigenvalue weighted by Crippen LogP contribution is 2.24. The van der Waals surface area contributed by atoms with Gasteiger partial charge >= 0.3 is 0 Å². The molecule has 0 bridgehead atoms. The number of benzene rings is 1. The molecule has 7 heteroatoms. The maximum Gasteiger partial charge on any atom is 0.289 e. The Kier molecular flexibility index (Phi) is 4.42. The van der Waals surface area contributed by atoms with E-state index in [0.29, 0.717) is 23.7 Å². The number of amides is 1. The summed E-state index contributed by atoms with van der Waals surface area (Å²) in [7, 11) is 0. The summed E-state index contributed by atoms with van der Waals surface area (Å²) in [6.07, 6.45) is 2.29. The van der Waals surface area contributed by atoms with E-state index in [2.05, 4.69) is 25.5 Å². The molecule has 136 valence electrons. The highest BCUT2D eigenvalue weighted by molar-refractivity contribution is 5.93. The van der Waals surface area contributed by atoms with Crippen LogP contribution in [0.15, 0.2) is 53.1 Å². The number of nitrogens with one attached hydrogen (secondary N) is 2. The smallest absolute Gasteiger partial charge is 0.289 e. The van der Waals surface area contributed by atoms with Crippen molar-refractivity contribution >= 4 is 16.9 Å². The van der Waals surface area contributed by atoms with Crippen molar-refractivity contribution in [1.29, 1.82) is 0 Å². The summed E-state index contributed by atoms with van der Waals surface area (Å²) in [6, 6.07) is 13.4. The molecule has 7 nitrogen and oxygen atoms in total. The number of fused-ring (bicyclic) bond motifs is 1. The van der Waals surface area contributed by atoms with Gasteiger partial charge in [-0.15, -0.1) is 0 Å². The average Bonchev–Trinajstić information content (AvgIpc) is 3.25.